The fourth-order valence-electron chi connectivity index (χ4n) is 4.10. The summed E-state index contributed by atoms with van der Waals surface area (Å²) in [6.07, 6.45) is 6.35. The Balaban J connectivity index is 1.22. The van der Waals surface area contributed by atoms with Crippen molar-refractivity contribution in [3.8, 4) is 16.9 Å². The number of piperidine rings is 1. The SMILES string of the molecule is CC1CCN(c2ccc(-c3ccc(NC(=O)c4ccc(-n5cccc5)cc4)cc3)nn2)CC1. The highest BCUT2D eigenvalue weighted by atomic mass is 16.1. The Kier molecular flexibility index (Phi) is 5.89. The van der Waals surface area contributed by atoms with Gasteiger partial charge in [-0.2, -0.15) is 0 Å². The fraction of sp³-hybridized carbons (Fsp3) is 0.222. The molecule has 1 amide bonds. The van der Waals surface area contributed by atoms with Crippen molar-refractivity contribution in [2.75, 3.05) is 23.3 Å². The molecule has 5 rings (SSSR count). The molecule has 33 heavy (non-hydrogen) atoms. The lowest BCUT2D eigenvalue weighted by Gasteiger charge is -2.30. The maximum atomic E-state index is 12.6. The molecule has 1 N–H and O–H groups in total. The molecule has 0 atom stereocenters. The highest BCUT2D eigenvalue weighted by Crippen LogP contribution is 2.24. The van der Waals surface area contributed by atoms with Gasteiger partial charge in [0, 0.05) is 48.0 Å². The molecule has 2 aromatic carbocycles. The second-order valence-corrected chi connectivity index (χ2v) is 8.62. The summed E-state index contributed by atoms with van der Waals surface area (Å²) in [7, 11) is 0. The molecule has 0 saturated carbocycles. The minimum Gasteiger partial charge on any atom is -0.355 e. The van der Waals surface area contributed by atoms with Crippen LogP contribution in [0.1, 0.15) is 30.1 Å². The van der Waals surface area contributed by atoms with Crippen molar-refractivity contribution in [2.24, 2.45) is 5.92 Å². The number of carbonyl (C=O) groups excluding carboxylic acids is 1. The van der Waals surface area contributed by atoms with Crippen LogP contribution in [0.2, 0.25) is 0 Å². The molecule has 0 aliphatic carbocycles. The normalized spacial score (nSPS) is 14.3. The van der Waals surface area contributed by atoms with Crippen molar-refractivity contribution in [3.05, 3.63) is 90.8 Å². The maximum absolute atomic E-state index is 12.6. The van der Waals surface area contributed by atoms with Crippen LogP contribution in [0.5, 0.6) is 0 Å². The molecule has 0 radical (unpaired) electrons. The van der Waals surface area contributed by atoms with Crippen LogP contribution < -0.4 is 10.2 Å². The number of hydrogen-bond acceptors (Lipinski definition) is 4. The number of nitrogens with zero attached hydrogens (tertiary/aromatic N) is 4. The molecule has 0 bridgehead atoms. The first kappa shape index (κ1) is 20.9. The monoisotopic (exact) mass is 437 g/mol. The number of anilines is 2. The lowest BCUT2D eigenvalue weighted by Crippen LogP contribution is -2.33. The Morgan fingerprint density at radius 2 is 1.58 bits per heavy atom. The highest BCUT2D eigenvalue weighted by Gasteiger charge is 2.17. The lowest BCUT2D eigenvalue weighted by atomic mass is 9.99. The quantitative estimate of drug-likeness (QED) is 0.453. The zero-order chi connectivity index (χ0) is 22.6. The third kappa shape index (κ3) is 4.80. The largest absolute Gasteiger partial charge is 0.355 e. The average Bonchev–Trinajstić information content (AvgIpc) is 3.40. The third-order valence-corrected chi connectivity index (χ3v) is 6.23. The van der Waals surface area contributed by atoms with E-state index in [1.165, 1.54) is 12.8 Å². The molecule has 6 heteroatoms. The summed E-state index contributed by atoms with van der Waals surface area (Å²) in [6.45, 7) is 4.39. The topological polar surface area (TPSA) is 63.1 Å². The van der Waals surface area contributed by atoms with Crippen molar-refractivity contribution in [2.45, 2.75) is 19.8 Å². The molecule has 0 spiro atoms. The van der Waals surface area contributed by atoms with Crippen LogP contribution in [0.25, 0.3) is 16.9 Å². The Hall–Kier alpha value is -3.93. The van der Waals surface area contributed by atoms with Crippen molar-refractivity contribution in [3.63, 3.8) is 0 Å². The molecule has 1 aliphatic rings. The summed E-state index contributed by atoms with van der Waals surface area (Å²) in [4.78, 5) is 14.9. The zero-order valence-electron chi connectivity index (χ0n) is 18.7. The van der Waals surface area contributed by atoms with Gasteiger partial charge >= 0.3 is 0 Å². The van der Waals surface area contributed by atoms with Crippen molar-refractivity contribution >= 4 is 17.4 Å². The molecule has 2 aromatic heterocycles. The lowest BCUT2D eigenvalue weighted by molar-refractivity contribution is 0.102. The summed E-state index contributed by atoms with van der Waals surface area (Å²) >= 11 is 0. The van der Waals surface area contributed by atoms with E-state index in [1.807, 2.05) is 89.8 Å². The zero-order valence-corrected chi connectivity index (χ0v) is 18.7. The van der Waals surface area contributed by atoms with E-state index in [1.54, 1.807) is 0 Å². The van der Waals surface area contributed by atoms with E-state index in [0.717, 1.165) is 47.5 Å². The molecule has 1 saturated heterocycles. The Labute approximate surface area is 193 Å². The van der Waals surface area contributed by atoms with E-state index in [0.29, 0.717) is 5.56 Å². The van der Waals surface area contributed by atoms with Gasteiger partial charge in [0.15, 0.2) is 5.82 Å². The Bertz CT molecular complexity index is 1190. The van der Waals surface area contributed by atoms with Gasteiger partial charge in [0.25, 0.3) is 5.91 Å². The van der Waals surface area contributed by atoms with E-state index in [9.17, 15) is 4.79 Å². The minimum absolute atomic E-state index is 0.137. The molecule has 4 aromatic rings. The van der Waals surface area contributed by atoms with E-state index in [-0.39, 0.29) is 5.91 Å². The van der Waals surface area contributed by atoms with Gasteiger partial charge in [-0.15, -0.1) is 10.2 Å². The van der Waals surface area contributed by atoms with Crippen LogP contribution in [-0.2, 0) is 0 Å². The van der Waals surface area contributed by atoms with Gasteiger partial charge in [0.05, 0.1) is 5.69 Å². The van der Waals surface area contributed by atoms with Gasteiger partial charge in [-0.05, 0) is 79.4 Å². The smallest absolute Gasteiger partial charge is 0.255 e. The predicted molar refractivity (Wildman–Crippen MR) is 132 cm³/mol. The predicted octanol–water partition coefficient (Wildman–Crippen LogP) is 5.42. The first-order valence-corrected chi connectivity index (χ1v) is 11.4. The van der Waals surface area contributed by atoms with Gasteiger partial charge < -0.3 is 14.8 Å². The molecule has 166 valence electrons. The molecule has 6 nitrogen and oxygen atoms in total. The Morgan fingerprint density at radius 3 is 2.21 bits per heavy atom. The second-order valence-electron chi connectivity index (χ2n) is 8.62. The molecular formula is C27H27N5O. The number of carbonyl (C=O) groups is 1. The number of aromatic nitrogens is 3. The van der Waals surface area contributed by atoms with Crippen LogP contribution in [0, 0.1) is 5.92 Å². The second kappa shape index (κ2) is 9.28. The van der Waals surface area contributed by atoms with Crippen LogP contribution in [0.4, 0.5) is 11.5 Å². The van der Waals surface area contributed by atoms with E-state index in [4.69, 9.17) is 0 Å². The fourth-order valence-corrected chi connectivity index (χ4v) is 4.10. The standard InChI is InChI=1S/C27H27N5O/c1-20-14-18-32(19-15-20)26-13-12-25(29-30-26)21-4-8-23(9-5-21)28-27(33)22-6-10-24(11-7-22)31-16-2-3-17-31/h2-13,16-17,20H,14-15,18-19H2,1H3,(H,28,33). The van der Waals surface area contributed by atoms with Gasteiger partial charge in [-0.1, -0.05) is 19.1 Å². The summed E-state index contributed by atoms with van der Waals surface area (Å²) in [6, 6.07) is 23.2. The number of amides is 1. The van der Waals surface area contributed by atoms with Gasteiger partial charge in [0.1, 0.15) is 0 Å². The van der Waals surface area contributed by atoms with Gasteiger partial charge in [-0.25, -0.2) is 0 Å². The van der Waals surface area contributed by atoms with Crippen LogP contribution in [-0.4, -0.2) is 33.8 Å². The van der Waals surface area contributed by atoms with Crippen molar-refractivity contribution in [1.29, 1.82) is 0 Å². The van der Waals surface area contributed by atoms with Crippen LogP contribution >= 0.6 is 0 Å². The first-order chi connectivity index (χ1) is 16.2. The minimum atomic E-state index is -0.137. The third-order valence-electron chi connectivity index (χ3n) is 6.23. The van der Waals surface area contributed by atoms with Crippen LogP contribution in [0.3, 0.4) is 0 Å². The summed E-state index contributed by atoms with van der Waals surface area (Å²) < 4.78 is 2.00. The van der Waals surface area contributed by atoms with Gasteiger partial charge in [-0.3, -0.25) is 4.79 Å². The summed E-state index contributed by atoms with van der Waals surface area (Å²) in [5, 5.41) is 11.8. The molecule has 0 unspecified atom stereocenters. The molecular weight excluding hydrogens is 410 g/mol. The van der Waals surface area contributed by atoms with E-state index >= 15 is 0 Å². The van der Waals surface area contributed by atoms with E-state index < -0.39 is 0 Å². The first-order valence-electron chi connectivity index (χ1n) is 11.4. The number of rotatable bonds is 5. The number of nitrogens with one attached hydrogen (secondary N) is 1. The maximum Gasteiger partial charge on any atom is 0.255 e. The molecule has 1 aliphatic heterocycles. The number of benzene rings is 2. The summed E-state index contributed by atoms with van der Waals surface area (Å²) in [5.41, 5.74) is 4.16. The highest BCUT2D eigenvalue weighted by molar-refractivity contribution is 6.04. The number of hydrogen-bond donors (Lipinski definition) is 1. The van der Waals surface area contributed by atoms with Crippen LogP contribution in [0.15, 0.2) is 85.2 Å². The van der Waals surface area contributed by atoms with E-state index in [2.05, 4.69) is 27.3 Å². The van der Waals surface area contributed by atoms with Gasteiger partial charge in [0.2, 0.25) is 0 Å². The molecule has 1 fully saturated rings. The molecule has 3 heterocycles. The average molecular weight is 438 g/mol. The van der Waals surface area contributed by atoms with Crippen molar-refractivity contribution < 1.29 is 4.79 Å². The Morgan fingerprint density at radius 1 is 0.879 bits per heavy atom. The van der Waals surface area contributed by atoms with Crippen molar-refractivity contribution in [1.82, 2.24) is 14.8 Å². The summed E-state index contributed by atoms with van der Waals surface area (Å²) in [5.74, 6) is 1.59.